The lowest BCUT2D eigenvalue weighted by atomic mass is 10.1. The molecule has 1 aliphatic heterocycles. The van der Waals surface area contributed by atoms with E-state index < -0.39 is 0 Å². The quantitative estimate of drug-likeness (QED) is 0.774. The van der Waals surface area contributed by atoms with Gasteiger partial charge in [-0.05, 0) is 56.2 Å². The van der Waals surface area contributed by atoms with E-state index in [0.717, 1.165) is 55.3 Å². The maximum atomic E-state index is 12.5. The number of hydrogen-bond acceptors (Lipinski definition) is 6. The molecule has 2 aromatic rings. The molecule has 0 bridgehead atoms. The van der Waals surface area contributed by atoms with Crippen molar-refractivity contribution in [2.75, 3.05) is 44.7 Å². The second-order valence-electron chi connectivity index (χ2n) is 7.42. The number of rotatable bonds is 7. The molecular formula is C22H31N5O2. The van der Waals surface area contributed by atoms with Crippen LogP contribution in [0, 0.1) is 0 Å². The van der Waals surface area contributed by atoms with Gasteiger partial charge in [0.25, 0.3) is 0 Å². The summed E-state index contributed by atoms with van der Waals surface area (Å²) in [6.07, 6.45) is 1.95. The summed E-state index contributed by atoms with van der Waals surface area (Å²) in [5.41, 5.74) is 1.84. The molecule has 1 saturated heterocycles. The smallest absolute Gasteiger partial charge is 0.236 e. The normalized spacial score (nSPS) is 15.7. The number of anilines is 1. The van der Waals surface area contributed by atoms with Gasteiger partial charge < -0.3 is 19.9 Å². The third kappa shape index (κ3) is 5.67. The molecule has 156 valence electrons. The fourth-order valence-corrected chi connectivity index (χ4v) is 3.32. The Morgan fingerprint density at radius 1 is 1.10 bits per heavy atom. The van der Waals surface area contributed by atoms with Crippen LogP contribution >= 0.6 is 0 Å². The topological polar surface area (TPSA) is 70.6 Å². The van der Waals surface area contributed by atoms with E-state index in [0.29, 0.717) is 19.1 Å². The first-order valence-corrected chi connectivity index (χ1v) is 10.3. The summed E-state index contributed by atoms with van der Waals surface area (Å²) in [5, 5.41) is 12.1. The zero-order chi connectivity index (χ0) is 20.6. The molecule has 3 rings (SSSR count). The molecule has 0 radical (unpaired) electrons. The van der Waals surface area contributed by atoms with Crippen molar-refractivity contribution in [1.29, 1.82) is 0 Å². The molecule has 1 atom stereocenters. The Bertz CT molecular complexity index is 779. The molecule has 1 amide bonds. The molecule has 1 fully saturated rings. The van der Waals surface area contributed by atoms with Crippen LogP contribution in [0.4, 0.5) is 5.82 Å². The van der Waals surface area contributed by atoms with Crippen LogP contribution in [0.5, 0.6) is 5.75 Å². The average molecular weight is 398 g/mol. The highest BCUT2D eigenvalue weighted by Gasteiger charge is 2.20. The van der Waals surface area contributed by atoms with Crippen LogP contribution in [0.3, 0.4) is 0 Å². The summed E-state index contributed by atoms with van der Waals surface area (Å²) in [7, 11) is 1.65. The van der Waals surface area contributed by atoms with E-state index in [4.69, 9.17) is 4.74 Å². The molecular weight excluding hydrogens is 366 g/mol. The minimum atomic E-state index is 0.174. The molecule has 1 N–H and O–H groups in total. The molecule has 1 aliphatic rings. The average Bonchev–Trinajstić information content (AvgIpc) is 3.04. The first kappa shape index (κ1) is 21.0. The number of methoxy groups -OCH3 is 1. The number of aromatic nitrogens is 2. The molecule has 1 aromatic carbocycles. The van der Waals surface area contributed by atoms with Crippen molar-refractivity contribution in [3.05, 3.63) is 36.4 Å². The molecule has 1 aromatic heterocycles. The predicted molar refractivity (Wildman–Crippen MR) is 115 cm³/mol. The molecule has 2 heterocycles. The van der Waals surface area contributed by atoms with Crippen molar-refractivity contribution < 1.29 is 9.53 Å². The Hall–Kier alpha value is -2.67. The van der Waals surface area contributed by atoms with E-state index in [1.165, 1.54) is 0 Å². The largest absolute Gasteiger partial charge is 0.497 e. The Labute approximate surface area is 173 Å². The van der Waals surface area contributed by atoms with Crippen LogP contribution in [0.1, 0.15) is 26.7 Å². The molecule has 0 aliphatic carbocycles. The van der Waals surface area contributed by atoms with Gasteiger partial charge in [0.15, 0.2) is 5.82 Å². The second-order valence-corrected chi connectivity index (χ2v) is 7.42. The SMILES string of the molecule is CCC(C)NCC(=O)N1CCCN(c2ccc(-c3ccc(OC)cc3)nn2)CC1. The monoisotopic (exact) mass is 397 g/mol. The van der Waals surface area contributed by atoms with Crippen molar-refractivity contribution >= 4 is 11.7 Å². The highest BCUT2D eigenvalue weighted by molar-refractivity contribution is 5.78. The van der Waals surface area contributed by atoms with Gasteiger partial charge in [-0.3, -0.25) is 4.79 Å². The minimum Gasteiger partial charge on any atom is -0.497 e. The number of nitrogens with one attached hydrogen (secondary N) is 1. The molecule has 0 saturated carbocycles. The van der Waals surface area contributed by atoms with E-state index in [9.17, 15) is 4.79 Å². The number of ether oxygens (including phenoxy) is 1. The number of amides is 1. The zero-order valence-corrected chi connectivity index (χ0v) is 17.6. The summed E-state index contributed by atoms with van der Waals surface area (Å²) in [5.74, 6) is 1.85. The maximum absolute atomic E-state index is 12.5. The van der Waals surface area contributed by atoms with Gasteiger partial charge in [0.1, 0.15) is 5.75 Å². The van der Waals surface area contributed by atoms with Crippen molar-refractivity contribution in [3.8, 4) is 17.0 Å². The Balaban J connectivity index is 1.57. The van der Waals surface area contributed by atoms with Gasteiger partial charge in [-0.25, -0.2) is 0 Å². The van der Waals surface area contributed by atoms with Crippen LogP contribution in [-0.2, 0) is 4.79 Å². The van der Waals surface area contributed by atoms with Crippen molar-refractivity contribution in [2.45, 2.75) is 32.7 Å². The third-order valence-electron chi connectivity index (χ3n) is 5.42. The highest BCUT2D eigenvalue weighted by Crippen LogP contribution is 2.22. The first-order valence-electron chi connectivity index (χ1n) is 10.3. The second kappa shape index (κ2) is 10.2. The number of carbonyl (C=O) groups is 1. The Morgan fingerprint density at radius 2 is 1.90 bits per heavy atom. The molecule has 7 heteroatoms. The first-order chi connectivity index (χ1) is 14.1. The van der Waals surface area contributed by atoms with Crippen LogP contribution in [0.2, 0.25) is 0 Å². The highest BCUT2D eigenvalue weighted by atomic mass is 16.5. The van der Waals surface area contributed by atoms with Crippen molar-refractivity contribution in [2.24, 2.45) is 0 Å². The summed E-state index contributed by atoms with van der Waals surface area (Å²) in [6.45, 7) is 7.77. The molecule has 1 unspecified atom stereocenters. The van der Waals surface area contributed by atoms with Crippen LogP contribution in [0.15, 0.2) is 36.4 Å². The zero-order valence-electron chi connectivity index (χ0n) is 17.6. The predicted octanol–water partition coefficient (Wildman–Crippen LogP) is 2.58. The van der Waals surface area contributed by atoms with Gasteiger partial charge >= 0.3 is 0 Å². The summed E-state index contributed by atoms with van der Waals surface area (Å²) >= 11 is 0. The molecule has 29 heavy (non-hydrogen) atoms. The van der Waals surface area contributed by atoms with E-state index in [2.05, 4.69) is 34.3 Å². The van der Waals surface area contributed by atoms with Gasteiger partial charge in [0.2, 0.25) is 5.91 Å². The van der Waals surface area contributed by atoms with E-state index >= 15 is 0 Å². The van der Waals surface area contributed by atoms with Gasteiger partial charge in [-0.2, -0.15) is 0 Å². The molecule has 7 nitrogen and oxygen atoms in total. The minimum absolute atomic E-state index is 0.174. The van der Waals surface area contributed by atoms with E-state index in [1.54, 1.807) is 7.11 Å². The van der Waals surface area contributed by atoms with Gasteiger partial charge in [-0.1, -0.05) is 6.92 Å². The summed E-state index contributed by atoms with van der Waals surface area (Å²) < 4.78 is 5.20. The standard InChI is InChI=1S/C22H31N5O2/c1-4-17(2)23-16-22(28)27-13-5-12-26(14-15-27)21-11-10-20(24-25-21)18-6-8-19(29-3)9-7-18/h6-11,17,23H,4-5,12-16H2,1-3H3. The fourth-order valence-electron chi connectivity index (χ4n) is 3.32. The summed E-state index contributed by atoms with van der Waals surface area (Å²) in [4.78, 5) is 16.6. The lowest BCUT2D eigenvalue weighted by molar-refractivity contribution is -0.130. The Morgan fingerprint density at radius 3 is 2.55 bits per heavy atom. The number of benzene rings is 1. The maximum Gasteiger partial charge on any atom is 0.236 e. The fraction of sp³-hybridized carbons (Fsp3) is 0.500. The van der Waals surface area contributed by atoms with Crippen LogP contribution in [-0.4, -0.2) is 66.9 Å². The van der Waals surface area contributed by atoms with Crippen LogP contribution in [0.25, 0.3) is 11.3 Å². The van der Waals surface area contributed by atoms with E-state index in [-0.39, 0.29) is 5.91 Å². The van der Waals surface area contributed by atoms with Crippen molar-refractivity contribution in [3.63, 3.8) is 0 Å². The molecule has 0 spiro atoms. The summed E-state index contributed by atoms with van der Waals surface area (Å²) in [6, 6.07) is 12.2. The van der Waals surface area contributed by atoms with Gasteiger partial charge in [0, 0.05) is 37.8 Å². The number of hydrogen-bond donors (Lipinski definition) is 1. The number of carbonyl (C=O) groups excluding carboxylic acids is 1. The Kier molecular flexibility index (Phi) is 7.41. The van der Waals surface area contributed by atoms with Gasteiger partial charge in [-0.15, -0.1) is 10.2 Å². The number of nitrogens with zero attached hydrogens (tertiary/aromatic N) is 4. The van der Waals surface area contributed by atoms with E-state index in [1.807, 2.05) is 41.3 Å². The lowest BCUT2D eigenvalue weighted by Gasteiger charge is -2.23. The van der Waals surface area contributed by atoms with Crippen molar-refractivity contribution in [1.82, 2.24) is 20.4 Å². The van der Waals surface area contributed by atoms with Crippen LogP contribution < -0.4 is 15.0 Å². The lowest BCUT2D eigenvalue weighted by Crippen LogP contribution is -2.42. The third-order valence-corrected chi connectivity index (χ3v) is 5.42. The van der Waals surface area contributed by atoms with Gasteiger partial charge in [0.05, 0.1) is 19.3 Å².